The van der Waals surface area contributed by atoms with Gasteiger partial charge in [0.15, 0.2) is 0 Å². The Bertz CT molecular complexity index is 306. The minimum absolute atomic E-state index is 0. The molecule has 0 amide bonds. The maximum atomic E-state index is 11.5. The average molecular weight is 398 g/mol. The van der Waals surface area contributed by atoms with Gasteiger partial charge in [-0.2, -0.15) is 0 Å². The van der Waals surface area contributed by atoms with Crippen LogP contribution in [-0.2, 0) is 14.3 Å². The van der Waals surface area contributed by atoms with Crippen LogP contribution in [0.2, 0.25) is 0 Å². The Hall–Kier alpha value is 0.511. The standard InChI is InChI=1S/C14H26O4.Ba.2H/c1-6-7-8-9-14(5,13(2,3)4)18-12(17)10-11(15)16;;;/h6-10H2,1-5H3,(H,15,16);;;/q;+2;2*-1. The second kappa shape index (κ2) is 9.45. The van der Waals surface area contributed by atoms with Crippen molar-refractivity contribution in [2.24, 2.45) is 5.41 Å². The third kappa shape index (κ3) is 8.40. The van der Waals surface area contributed by atoms with E-state index >= 15 is 0 Å². The van der Waals surface area contributed by atoms with Gasteiger partial charge in [-0.3, -0.25) is 9.59 Å². The number of aliphatic carboxylic acids is 1. The minimum atomic E-state index is -1.15. The third-order valence-corrected chi connectivity index (χ3v) is 3.48. The SMILES string of the molecule is CCCCCC(C)(OC(=O)CC(=O)O)C(C)(C)C.[Ba+2].[H-].[H-]. The van der Waals surface area contributed by atoms with Gasteiger partial charge in [0.1, 0.15) is 12.0 Å². The molecule has 0 rings (SSSR count). The van der Waals surface area contributed by atoms with Gasteiger partial charge in [0, 0.05) is 5.41 Å². The van der Waals surface area contributed by atoms with E-state index in [1.807, 2.05) is 27.7 Å². The molecule has 19 heavy (non-hydrogen) atoms. The van der Waals surface area contributed by atoms with Gasteiger partial charge in [0.25, 0.3) is 0 Å². The number of carboxylic acids is 1. The predicted octanol–water partition coefficient (Wildman–Crippen LogP) is 3.23. The Morgan fingerprint density at radius 1 is 1.16 bits per heavy atom. The smallest absolute Gasteiger partial charge is 1.00 e. The number of esters is 1. The Morgan fingerprint density at radius 2 is 1.68 bits per heavy atom. The summed E-state index contributed by atoms with van der Waals surface area (Å²) in [4.78, 5) is 22.1. The number of carboxylic acid groups (broad SMARTS) is 1. The molecular formula is C14H28BaO4. The molecule has 0 aromatic carbocycles. The Balaban J connectivity index is -0.000000482. The van der Waals surface area contributed by atoms with Crippen molar-refractivity contribution in [2.45, 2.75) is 72.3 Å². The number of carbonyl (C=O) groups excluding carboxylic acids is 1. The molecule has 110 valence electrons. The molecule has 1 N–H and O–H groups in total. The van der Waals surface area contributed by atoms with Crippen molar-refractivity contribution in [1.82, 2.24) is 0 Å². The summed E-state index contributed by atoms with van der Waals surface area (Å²) >= 11 is 0. The average Bonchev–Trinajstić information content (AvgIpc) is 2.14. The maximum absolute atomic E-state index is 11.5. The molecule has 5 heteroatoms. The molecule has 0 radical (unpaired) electrons. The van der Waals surface area contributed by atoms with Crippen LogP contribution < -0.4 is 0 Å². The summed E-state index contributed by atoms with van der Waals surface area (Å²) in [5, 5.41) is 8.60. The first-order valence-corrected chi connectivity index (χ1v) is 6.56. The fourth-order valence-corrected chi connectivity index (χ4v) is 1.70. The first-order chi connectivity index (χ1) is 8.12. The second-order valence-electron chi connectivity index (χ2n) is 5.98. The fraction of sp³-hybridized carbons (Fsp3) is 0.857. The van der Waals surface area contributed by atoms with E-state index in [4.69, 9.17) is 9.84 Å². The zero-order valence-electron chi connectivity index (χ0n) is 14.9. The summed E-state index contributed by atoms with van der Waals surface area (Å²) in [6.07, 6.45) is 3.35. The van der Waals surface area contributed by atoms with Gasteiger partial charge in [-0.15, -0.1) is 0 Å². The normalized spacial score (nSPS) is 14.2. The van der Waals surface area contributed by atoms with Gasteiger partial charge >= 0.3 is 60.8 Å². The molecule has 0 aliphatic heterocycles. The van der Waals surface area contributed by atoms with Crippen LogP contribution in [0.5, 0.6) is 0 Å². The molecule has 1 atom stereocenters. The van der Waals surface area contributed by atoms with E-state index in [9.17, 15) is 9.59 Å². The van der Waals surface area contributed by atoms with Crippen LogP contribution in [0.3, 0.4) is 0 Å². The van der Waals surface area contributed by atoms with Gasteiger partial charge in [0.2, 0.25) is 0 Å². The minimum Gasteiger partial charge on any atom is -1.00 e. The van der Waals surface area contributed by atoms with Crippen molar-refractivity contribution in [3.05, 3.63) is 0 Å². The molecule has 0 saturated heterocycles. The van der Waals surface area contributed by atoms with E-state index in [1.165, 1.54) is 0 Å². The summed E-state index contributed by atoms with van der Waals surface area (Å²) in [5.41, 5.74) is -0.830. The molecule has 0 saturated carbocycles. The number of ether oxygens (including phenoxy) is 1. The molecule has 0 bridgehead atoms. The van der Waals surface area contributed by atoms with E-state index < -0.39 is 24.0 Å². The quantitative estimate of drug-likeness (QED) is 0.310. The van der Waals surface area contributed by atoms with Gasteiger partial charge in [-0.25, -0.2) is 0 Å². The monoisotopic (exact) mass is 398 g/mol. The van der Waals surface area contributed by atoms with Crippen molar-refractivity contribution >= 4 is 60.8 Å². The largest absolute Gasteiger partial charge is 2.00 e. The fourth-order valence-electron chi connectivity index (χ4n) is 1.70. The Labute approximate surface area is 159 Å². The number of carbonyl (C=O) groups is 2. The van der Waals surface area contributed by atoms with Crippen molar-refractivity contribution in [1.29, 1.82) is 0 Å². The van der Waals surface area contributed by atoms with Crippen LogP contribution in [0.25, 0.3) is 0 Å². The van der Waals surface area contributed by atoms with E-state index in [-0.39, 0.29) is 57.1 Å². The summed E-state index contributed by atoms with van der Waals surface area (Å²) in [7, 11) is 0. The molecule has 0 spiro atoms. The van der Waals surface area contributed by atoms with Crippen molar-refractivity contribution in [3.8, 4) is 0 Å². The third-order valence-electron chi connectivity index (χ3n) is 3.48. The van der Waals surface area contributed by atoms with Crippen LogP contribution in [0.4, 0.5) is 0 Å². The van der Waals surface area contributed by atoms with E-state index in [0.29, 0.717) is 0 Å². The summed E-state index contributed by atoms with van der Waals surface area (Å²) < 4.78 is 5.44. The number of unbranched alkanes of at least 4 members (excludes halogenated alkanes) is 2. The van der Waals surface area contributed by atoms with Gasteiger partial charge in [-0.05, 0) is 19.8 Å². The topological polar surface area (TPSA) is 63.6 Å². The van der Waals surface area contributed by atoms with Crippen LogP contribution in [0.15, 0.2) is 0 Å². The van der Waals surface area contributed by atoms with Crippen molar-refractivity contribution in [2.75, 3.05) is 0 Å². The number of hydrogen-bond donors (Lipinski definition) is 1. The summed E-state index contributed by atoms with van der Waals surface area (Å²) in [6.45, 7) is 10.0. The maximum Gasteiger partial charge on any atom is 2.00 e. The van der Waals surface area contributed by atoms with E-state index in [2.05, 4.69) is 6.92 Å². The molecule has 0 fully saturated rings. The summed E-state index contributed by atoms with van der Waals surface area (Å²) in [6, 6.07) is 0. The molecule has 0 aliphatic carbocycles. The van der Waals surface area contributed by atoms with Gasteiger partial charge < -0.3 is 12.7 Å². The molecule has 0 heterocycles. The summed E-state index contributed by atoms with van der Waals surface area (Å²) in [5.74, 6) is -1.80. The molecule has 0 aromatic heterocycles. The molecule has 0 aromatic rings. The van der Waals surface area contributed by atoms with Crippen LogP contribution in [-0.4, -0.2) is 71.5 Å². The molecule has 0 aliphatic rings. The molecular weight excluding hydrogens is 369 g/mol. The molecule has 4 nitrogen and oxygen atoms in total. The first-order valence-electron chi connectivity index (χ1n) is 6.56. The Kier molecular flexibility index (Phi) is 10.8. The van der Waals surface area contributed by atoms with Crippen LogP contribution >= 0.6 is 0 Å². The van der Waals surface area contributed by atoms with E-state index in [0.717, 1.165) is 25.7 Å². The van der Waals surface area contributed by atoms with Gasteiger partial charge in [-0.1, -0.05) is 40.5 Å². The molecule has 1 unspecified atom stereocenters. The van der Waals surface area contributed by atoms with Crippen LogP contribution in [0, 0.1) is 5.41 Å². The van der Waals surface area contributed by atoms with Crippen molar-refractivity contribution in [3.63, 3.8) is 0 Å². The number of rotatable bonds is 7. The van der Waals surface area contributed by atoms with Crippen molar-refractivity contribution < 1.29 is 22.3 Å². The van der Waals surface area contributed by atoms with Crippen LogP contribution in [0.1, 0.15) is 69.6 Å². The van der Waals surface area contributed by atoms with E-state index in [1.54, 1.807) is 0 Å². The number of hydrogen-bond acceptors (Lipinski definition) is 3. The predicted molar refractivity (Wildman–Crippen MR) is 78.3 cm³/mol. The Morgan fingerprint density at radius 3 is 2.05 bits per heavy atom. The first kappa shape index (κ1) is 21.8. The van der Waals surface area contributed by atoms with Gasteiger partial charge in [0.05, 0.1) is 0 Å². The second-order valence-corrected chi connectivity index (χ2v) is 5.98. The zero-order chi connectivity index (χ0) is 14.4. The zero-order valence-corrected chi connectivity index (χ0v) is 17.4.